The van der Waals surface area contributed by atoms with E-state index in [9.17, 15) is 8.42 Å². The minimum atomic E-state index is -3.71. The summed E-state index contributed by atoms with van der Waals surface area (Å²) >= 11 is 1.56. The smallest absolute Gasteiger partial charge is 0.245 e. The van der Waals surface area contributed by atoms with Crippen molar-refractivity contribution in [1.82, 2.24) is 9.29 Å². The molecule has 0 amide bonds. The Balaban J connectivity index is 1.75. The van der Waals surface area contributed by atoms with Crippen molar-refractivity contribution < 1.29 is 13.2 Å². The molecule has 3 heterocycles. The van der Waals surface area contributed by atoms with Crippen LogP contribution in [-0.2, 0) is 21.3 Å². The van der Waals surface area contributed by atoms with Gasteiger partial charge in [0, 0.05) is 36.2 Å². The largest absolute Gasteiger partial charge is 0.377 e. The van der Waals surface area contributed by atoms with Crippen molar-refractivity contribution in [3.63, 3.8) is 0 Å². The maximum atomic E-state index is 13.6. The molecule has 1 aliphatic rings. The number of ether oxygens (including phenoxy) is 1. The fourth-order valence-corrected chi connectivity index (χ4v) is 5.85. The lowest BCUT2D eigenvalue weighted by Crippen LogP contribution is -2.36. The van der Waals surface area contributed by atoms with Crippen molar-refractivity contribution in [2.45, 2.75) is 37.3 Å². The molecular weight excluding hydrogens is 380 g/mol. The predicted octanol–water partition coefficient (Wildman–Crippen LogP) is 3.97. The molecule has 0 saturated carbocycles. The topological polar surface area (TPSA) is 59.5 Å². The molecule has 2 aromatic heterocycles. The van der Waals surface area contributed by atoms with Crippen LogP contribution in [0.15, 0.2) is 52.9 Å². The number of para-hydroxylation sites is 1. The molecule has 0 aliphatic carbocycles. The molecule has 1 atom stereocenters. The van der Waals surface area contributed by atoms with E-state index in [4.69, 9.17) is 4.74 Å². The van der Waals surface area contributed by atoms with Gasteiger partial charge < -0.3 is 4.74 Å². The number of thiophene rings is 1. The van der Waals surface area contributed by atoms with Crippen LogP contribution in [0.1, 0.15) is 23.3 Å². The molecule has 1 aromatic carbocycles. The Morgan fingerprint density at radius 3 is 2.93 bits per heavy atom. The van der Waals surface area contributed by atoms with Gasteiger partial charge in [0.2, 0.25) is 10.0 Å². The molecule has 1 aliphatic heterocycles. The van der Waals surface area contributed by atoms with Crippen molar-refractivity contribution >= 4 is 32.3 Å². The molecule has 5 nitrogen and oxygen atoms in total. The molecule has 27 heavy (non-hydrogen) atoms. The van der Waals surface area contributed by atoms with E-state index in [1.54, 1.807) is 34.0 Å². The highest BCUT2D eigenvalue weighted by molar-refractivity contribution is 7.89. The molecule has 1 saturated heterocycles. The molecule has 1 unspecified atom stereocenters. The van der Waals surface area contributed by atoms with E-state index in [2.05, 4.69) is 4.98 Å². The lowest BCUT2D eigenvalue weighted by Gasteiger charge is -2.25. The predicted molar refractivity (Wildman–Crippen MR) is 107 cm³/mol. The third kappa shape index (κ3) is 3.91. The van der Waals surface area contributed by atoms with Gasteiger partial charge in [0.25, 0.3) is 0 Å². The van der Waals surface area contributed by atoms with Gasteiger partial charge in [0.15, 0.2) is 0 Å². The fraction of sp³-hybridized carbons (Fsp3) is 0.350. The van der Waals surface area contributed by atoms with E-state index < -0.39 is 10.0 Å². The van der Waals surface area contributed by atoms with Crippen LogP contribution in [0, 0.1) is 6.92 Å². The first kappa shape index (κ1) is 18.6. The van der Waals surface area contributed by atoms with E-state index >= 15 is 0 Å². The maximum absolute atomic E-state index is 13.6. The quantitative estimate of drug-likeness (QED) is 0.626. The average Bonchev–Trinajstić information content (AvgIpc) is 3.34. The number of aryl methyl sites for hydroxylation is 1. The number of sulfonamides is 1. The summed E-state index contributed by atoms with van der Waals surface area (Å²) in [5.41, 5.74) is 1.53. The highest BCUT2D eigenvalue weighted by Crippen LogP contribution is 2.28. The van der Waals surface area contributed by atoms with Gasteiger partial charge in [-0.25, -0.2) is 8.42 Å². The van der Waals surface area contributed by atoms with Gasteiger partial charge in [-0.05, 0) is 48.9 Å². The van der Waals surface area contributed by atoms with Crippen LogP contribution >= 0.6 is 11.3 Å². The third-order valence-electron chi connectivity index (χ3n) is 4.77. The molecule has 0 spiro atoms. The van der Waals surface area contributed by atoms with Crippen molar-refractivity contribution in [1.29, 1.82) is 0 Å². The summed E-state index contributed by atoms with van der Waals surface area (Å²) in [6, 6.07) is 11.2. The summed E-state index contributed by atoms with van der Waals surface area (Å²) in [7, 11) is -3.71. The van der Waals surface area contributed by atoms with Crippen LogP contribution in [0.25, 0.3) is 10.9 Å². The molecular formula is C20H22N2O3S2. The van der Waals surface area contributed by atoms with Gasteiger partial charge in [0.05, 0.1) is 11.6 Å². The molecule has 142 valence electrons. The molecule has 3 aromatic rings. The van der Waals surface area contributed by atoms with E-state index in [0.29, 0.717) is 25.2 Å². The van der Waals surface area contributed by atoms with Gasteiger partial charge >= 0.3 is 0 Å². The van der Waals surface area contributed by atoms with Gasteiger partial charge in [-0.1, -0.05) is 18.2 Å². The second-order valence-corrected chi connectivity index (χ2v) is 9.79. The zero-order valence-electron chi connectivity index (χ0n) is 15.2. The summed E-state index contributed by atoms with van der Waals surface area (Å²) in [6.45, 7) is 3.37. The van der Waals surface area contributed by atoms with Gasteiger partial charge in [-0.15, -0.1) is 11.3 Å². The monoisotopic (exact) mass is 402 g/mol. The molecule has 0 bridgehead atoms. The van der Waals surface area contributed by atoms with E-state index in [0.717, 1.165) is 28.7 Å². The summed E-state index contributed by atoms with van der Waals surface area (Å²) in [4.78, 5) is 5.70. The highest BCUT2D eigenvalue weighted by atomic mass is 32.2. The van der Waals surface area contributed by atoms with Crippen molar-refractivity contribution in [2.24, 2.45) is 0 Å². The summed E-state index contributed by atoms with van der Waals surface area (Å²) < 4.78 is 34.4. The number of hydrogen-bond acceptors (Lipinski definition) is 5. The number of fused-ring (bicyclic) bond motifs is 1. The number of benzene rings is 1. The molecule has 0 N–H and O–H groups in total. The molecule has 4 rings (SSSR count). The van der Waals surface area contributed by atoms with Crippen LogP contribution in [0.3, 0.4) is 0 Å². The molecule has 1 fully saturated rings. The number of pyridine rings is 1. The first-order valence-corrected chi connectivity index (χ1v) is 11.4. The van der Waals surface area contributed by atoms with E-state index in [-0.39, 0.29) is 11.0 Å². The van der Waals surface area contributed by atoms with Crippen LogP contribution in [0.2, 0.25) is 0 Å². The van der Waals surface area contributed by atoms with Crippen molar-refractivity contribution in [2.75, 3.05) is 13.2 Å². The SMILES string of the molecule is Cc1cnc2c(S(=O)(=O)N(Cc3cccs3)CC3CCCO3)cccc2c1. The van der Waals surface area contributed by atoms with E-state index in [1.165, 1.54) is 0 Å². The Bertz CT molecular complexity index is 1030. The number of nitrogens with zero attached hydrogens (tertiary/aromatic N) is 2. The number of hydrogen-bond donors (Lipinski definition) is 0. The highest BCUT2D eigenvalue weighted by Gasteiger charge is 2.31. The van der Waals surface area contributed by atoms with E-state index in [1.807, 2.05) is 36.6 Å². The lowest BCUT2D eigenvalue weighted by molar-refractivity contribution is 0.0928. The minimum absolute atomic E-state index is 0.0510. The Hall–Kier alpha value is -1.80. The lowest BCUT2D eigenvalue weighted by atomic mass is 10.2. The van der Waals surface area contributed by atoms with Gasteiger partial charge in [-0.2, -0.15) is 4.31 Å². The Kier molecular flexibility index (Phi) is 5.27. The minimum Gasteiger partial charge on any atom is -0.377 e. The van der Waals surface area contributed by atoms with Gasteiger partial charge in [0.1, 0.15) is 4.90 Å². The zero-order chi connectivity index (χ0) is 18.9. The maximum Gasteiger partial charge on any atom is 0.245 e. The summed E-state index contributed by atoms with van der Waals surface area (Å²) in [6.07, 6.45) is 3.53. The summed E-state index contributed by atoms with van der Waals surface area (Å²) in [5, 5.41) is 2.80. The zero-order valence-corrected chi connectivity index (χ0v) is 16.8. The number of aromatic nitrogens is 1. The number of rotatable bonds is 6. The van der Waals surface area contributed by atoms with Crippen LogP contribution in [0.5, 0.6) is 0 Å². The van der Waals surface area contributed by atoms with Crippen LogP contribution < -0.4 is 0 Å². The standard InChI is InChI=1S/C20H22N2O3S2/c1-15-11-16-5-2-8-19(20(16)21-12-15)27(23,24)22(13-17-6-3-9-25-17)14-18-7-4-10-26-18/h2,4-5,7-8,10-12,17H,3,6,9,13-14H2,1H3. The first-order chi connectivity index (χ1) is 13.0. The van der Waals surface area contributed by atoms with Crippen LogP contribution in [0.4, 0.5) is 0 Å². The van der Waals surface area contributed by atoms with Crippen molar-refractivity contribution in [3.05, 3.63) is 58.4 Å². The Labute approximate surface area is 163 Å². The first-order valence-electron chi connectivity index (χ1n) is 9.03. The molecule has 0 radical (unpaired) electrons. The van der Waals surface area contributed by atoms with Crippen LogP contribution in [-0.4, -0.2) is 37.0 Å². The average molecular weight is 403 g/mol. The summed E-state index contributed by atoms with van der Waals surface area (Å²) in [5.74, 6) is 0. The normalized spacial score (nSPS) is 17.8. The van der Waals surface area contributed by atoms with Crippen molar-refractivity contribution in [3.8, 4) is 0 Å². The second-order valence-electron chi connectivity index (χ2n) is 6.85. The second kappa shape index (κ2) is 7.67. The Morgan fingerprint density at radius 2 is 2.19 bits per heavy atom. The third-order valence-corrected chi connectivity index (χ3v) is 7.48. The molecule has 7 heteroatoms. The fourth-order valence-electron chi connectivity index (χ4n) is 3.43. The van der Waals surface area contributed by atoms with Gasteiger partial charge in [-0.3, -0.25) is 4.98 Å². The Morgan fingerprint density at radius 1 is 1.30 bits per heavy atom.